The van der Waals surface area contributed by atoms with Gasteiger partial charge in [-0.05, 0) is 25.3 Å². The predicted molar refractivity (Wildman–Crippen MR) is 139 cm³/mol. The van der Waals surface area contributed by atoms with Gasteiger partial charge < -0.3 is 24.5 Å². The minimum absolute atomic E-state index is 0.0315. The van der Waals surface area contributed by atoms with Gasteiger partial charge in [-0.15, -0.1) is 0 Å². The van der Waals surface area contributed by atoms with Gasteiger partial charge in [-0.25, -0.2) is 9.78 Å². The molecule has 0 saturated carbocycles. The summed E-state index contributed by atoms with van der Waals surface area (Å²) in [6, 6.07) is 0. The molecule has 3 atom stereocenters. The van der Waals surface area contributed by atoms with E-state index in [9.17, 15) is 24.3 Å². The number of hydrogen-bond donors (Lipinski definition) is 2. The third-order valence-electron chi connectivity index (χ3n) is 6.19. The number of esters is 1. The molecular weight excluding hydrogens is 490 g/mol. The molecule has 10 nitrogen and oxygen atoms in total. The Morgan fingerprint density at radius 2 is 1.95 bits per heavy atom. The maximum atomic E-state index is 13.1. The number of rotatable bonds is 1. The van der Waals surface area contributed by atoms with Crippen molar-refractivity contribution in [1.29, 1.82) is 0 Å². The average molecular weight is 526 g/mol. The second kappa shape index (κ2) is 13.1. The van der Waals surface area contributed by atoms with Crippen molar-refractivity contribution in [3.63, 3.8) is 0 Å². The van der Waals surface area contributed by atoms with Crippen LogP contribution >= 0.6 is 0 Å². The molecule has 3 heterocycles. The highest BCUT2D eigenvalue weighted by atomic mass is 16.5. The second-order valence-electron chi connectivity index (χ2n) is 9.84. The molecular formula is C28H35N3O7. The molecule has 2 aliphatic rings. The first-order valence-corrected chi connectivity index (χ1v) is 12.7. The Kier molecular flexibility index (Phi) is 9.95. The fourth-order valence-electron chi connectivity index (χ4n) is 4.33. The Morgan fingerprint density at radius 1 is 1.18 bits per heavy atom. The molecule has 0 saturated heterocycles. The number of oxazole rings is 1. The van der Waals surface area contributed by atoms with E-state index in [2.05, 4.69) is 10.3 Å². The summed E-state index contributed by atoms with van der Waals surface area (Å²) in [6.07, 6.45) is 9.48. The number of allylic oxidation sites excluding steroid dienone is 2. The van der Waals surface area contributed by atoms with Crippen LogP contribution in [0.1, 0.15) is 56.9 Å². The number of ether oxygens (including phenoxy) is 1. The van der Waals surface area contributed by atoms with E-state index in [1.165, 1.54) is 11.0 Å². The van der Waals surface area contributed by atoms with E-state index in [0.717, 1.165) is 11.8 Å². The molecule has 0 unspecified atom stereocenters. The lowest BCUT2D eigenvalue weighted by atomic mass is 9.94. The maximum Gasteiger partial charge on any atom is 0.355 e. The zero-order valence-electron chi connectivity index (χ0n) is 22.2. The number of carbonyl (C=O) groups is 4. The number of nitrogens with one attached hydrogen (secondary N) is 1. The minimum Gasteiger partial charge on any atom is -0.457 e. The fourth-order valence-corrected chi connectivity index (χ4v) is 4.33. The molecule has 2 N–H and O–H groups in total. The Balaban J connectivity index is 1.86. The van der Waals surface area contributed by atoms with Crippen LogP contribution in [0.2, 0.25) is 0 Å². The number of aromatic nitrogens is 1. The minimum atomic E-state index is -1.01. The normalized spacial score (nSPS) is 27.6. The average Bonchev–Trinajstić information content (AvgIpc) is 3.52. The SMILES string of the molecule is CC1=C\[C@@H](O)CC(=O)Cc2nc(co2)C(=O)N2CCC=C2C(=O)O[C@H](C(C)C)[C@H](C)/C=C/C(=O)NC\C=C\1. The van der Waals surface area contributed by atoms with Gasteiger partial charge in [0.15, 0.2) is 5.69 Å². The summed E-state index contributed by atoms with van der Waals surface area (Å²) in [7, 11) is 0. The van der Waals surface area contributed by atoms with E-state index < -0.39 is 24.1 Å². The topological polar surface area (TPSA) is 139 Å². The van der Waals surface area contributed by atoms with Gasteiger partial charge in [0.2, 0.25) is 11.8 Å². The molecule has 38 heavy (non-hydrogen) atoms. The van der Waals surface area contributed by atoms with Gasteiger partial charge >= 0.3 is 5.97 Å². The molecule has 3 rings (SSSR count). The van der Waals surface area contributed by atoms with E-state index in [0.29, 0.717) is 6.42 Å². The van der Waals surface area contributed by atoms with Crippen LogP contribution in [-0.4, -0.2) is 63.9 Å². The van der Waals surface area contributed by atoms with Crippen LogP contribution in [0.3, 0.4) is 0 Å². The van der Waals surface area contributed by atoms with Gasteiger partial charge in [0.25, 0.3) is 5.91 Å². The van der Waals surface area contributed by atoms with Crippen LogP contribution in [-0.2, 0) is 25.5 Å². The van der Waals surface area contributed by atoms with Crippen molar-refractivity contribution in [3.05, 3.63) is 65.6 Å². The Labute approximate surface area is 222 Å². The molecule has 2 bridgehead atoms. The van der Waals surface area contributed by atoms with Crippen LogP contribution in [0.5, 0.6) is 0 Å². The first-order valence-electron chi connectivity index (χ1n) is 12.7. The number of nitrogens with zero attached hydrogens (tertiary/aromatic N) is 2. The van der Waals surface area contributed by atoms with Crippen LogP contribution in [0, 0.1) is 11.8 Å². The molecule has 0 fully saturated rings. The third-order valence-corrected chi connectivity index (χ3v) is 6.19. The largest absolute Gasteiger partial charge is 0.457 e. The Bertz CT molecular complexity index is 1170. The molecule has 204 valence electrons. The lowest BCUT2D eigenvalue weighted by molar-refractivity contribution is -0.149. The summed E-state index contributed by atoms with van der Waals surface area (Å²) in [4.78, 5) is 56.3. The standard InChI is InChI=1S/C28H35N3O7/c1-17(2)26-19(4)9-10-24(34)29-11-5-7-18(3)13-20(32)14-21(33)15-25-30-22(16-37-25)27(35)31-12-6-8-23(31)28(36)38-26/h5,7-10,13,16-17,19-20,26,32H,6,11-12,14-15H2,1-4H3,(H,29,34)/b7-5+,10-9+,18-13+/t19-,20-,26-/m1/s1. The number of Topliss-reactive ketones (excluding diaryl/α,β-unsaturated/α-hetero) is 1. The lowest BCUT2D eigenvalue weighted by Crippen LogP contribution is -2.36. The highest BCUT2D eigenvalue weighted by Crippen LogP contribution is 2.24. The van der Waals surface area contributed by atoms with Crippen molar-refractivity contribution in [2.24, 2.45) is 11.8 Å². The lowest BCUT2D eigenvalue weighted by Gasteiger charge is -2.27. The highest BCUT2D eigenvalue weighted by molar-refractivity contribution is 6.00. The van der Waals surface area contributed by atoms with Gasteiger partial charge in [0.05, 0.1) is 12.5 Å². The summed E-state index contributed by atoms with van der Waals surface area (Å²) >= 11 is 0. The van der Waals surface area contributed by atoms with Crippen molar-refractivity contribution in [3.8, 4) is 0 Å². The van der Waals surface area contributed by atoms with E-state index in [1.807, 2.05) is 20.8 Å². The van der Waals surface area contributed by atoms with E-state index >= 15 is 0 Å². The zero-order valence-corrected chi connectivity index (χ0v) is 22.2. The predicted octanol–water partition coefficient (Wildman–Crippen LogP) is 2.66. The van der Waals surface area contributed by atoms with Crippen molar-refractivity contribution in [2.45, 2.75) is 59.2 Å². The Morgan fingerprint density at radius 3 is 2.68 bits per heavy atom. The summed E-state index contributed by atoms with van der Waals surface area (Å²) in [5.74, 6) is -2.07. The number of cyclic esters (lactones) is 1. The molecule has 2 amide bonds. The molecule has 1 aromatic heterocycles. The number of hydrogen-bond acceptors (Lipinski definition) is 8. The van der Waals surface area contributed by atoms with Gasteiger partial charge in [-0.1, -0.05) is 56.7 Å². The first kappa shape index (κ1) is 28.8. The molecule has 10 heteroatoms. The summed E-state index contributed by atoms with van der Waals surface area (Å²) in [5, 5.41) is 13.0. The molecule has 1 aromatic rings. The summed E-state index contributed by atoms with van der Waals surface area (Å²) < 4.78 is 11.1. The van der Waals surface area contributed by atoms with Crippen molar-refractivity contribution in [2.75, 3.05) is 13.1 Å². The molecule has 2 aliphatic heterocycles. The van der Waals surface area contributed by atoms with Gasteiger partial charge in [0.1, 0.15) is 23.8 Å². The molecule has 0 spiro atoms. The monoisotopic (exact) mass is 525 g/mol. The zero-order chi connectivity index (χ0) is 27.8. The number of amides is 2. The van der Waals surface area contributed by atoms with Crippen LogP contribution in [0.15, 0.2) is 58.4 Å². The molecule has 0 radical (unpaired) electrons. The number of aliphatic hydroxyl groups excluding tert-OH is 1. The van der Waals surface area contributed by atoms with Crippen LogP contribution in [0.25, 0.3) is 0 Å². The second-order valence-corrected chi connectivity index (χ2v) is 9.84. The van der Waals surface area contributed by atoms with Gasteiger partial charge in [-0.3, -0.25) is 14.4 Å². The summed E-state index contributed by atoms with van der Waals surface area (Å²) in [6.45, 7) is 8.00. The number of ketones is 1. The maximum absolute atomic E-state index is 13.1. The number of aliphatic hydroxyl groups is 1. The number of carbonyl (C=O) groups excluding carboxylic acids is 4. The fraction of sp³-hybridized carbons (Fsp3) is 0.464. The highest BCUT2D eigenvalue weighted by Gasteiger charge is 2.33. The van der Waals surface area contributed by atoms with Crippen LogP contribution < -0.4 is 5.32 Å². The van der Waals surface area contributed by atoms with Crippen molar-refractivity contribution in [1.82, 2.24) is 15.2 Å². The quantitative estimate of drug-likeness (QED) is 0.534. The van der Waals surface area contributed by atoms with Crippen LogP contribution in [0.4, 0.5) is 0 Å². The first-order chi connectivity index (χ1) is 18.0. The number of fused-ring (bicyclic) bond motifs is 3. The summed E-state index contributed by atoms with van der Waals surface area (Å²) in [5.41, 5.74) is 0.809. The van der Waals surface area contributed by atoms with E-state index in [1.54, 1.807) is 37.3 Å². The smallest absolute Gasteiger partial charge is 0.355 e. The van der Waals surface area contributed by atoms with Crippen molar-refractivity contribution >= 4 is 23.6 Å². The molecule has 0 aromatic carbocycles. The Hall–Kier alpha value is -3.79. The van der Waals surface area contributed by atoms with Crippen molar-refractivity contribution < 1.29 is 33.4 Å². The van der Waals surface area contributed by atoms with Gasteiger partial charge in [0, 0.05) is 25.4 Å². The molecule has 0 aliphatic carbocycles. The van der Waals surface area contributed by atoms with Gasteiger partial charge in [-0.2, -0.15) is 0 Å². The van der Waals surface area contributed by atoms with E-state index in [4.69, 9.17) is 9.15 Å². The third kappa shape index (κ3) is 7.85. The van der Waals surface area contributed by atoms with E-state index in [-0.39, 0.29) is 66.7 Å².